The van der Waals surface area contributed by atoms with Crippen LogP contribution in [0.4, 0.5) is 0 Å². The van der Waals surface area contributed by atoms with Crippen molar-refractivity contribution in [2.75, 3.05) is 6.54 Å². The third kappa shape index (κ3) is 3.67. The van der Waals surface area contributed by atoms with Gasteiger partial charge in [0.1, 0.15) is 5.54 Å². The van der Waals surface area contributed by atoms with Gasteiger partial charge in [-0.2, -0.15) is 0 Å². The van der Waals surface area contributed by atoms with Crippen molar-refractivity contribution >= 4 is 11.8 Å². The van der Waals surface area contributed by atoms with Gasteiger partial charge < -0.3 is 10.2 Å². The second-order valence-corrected chi connectivity index (χ2v) is 6.68. The Hall–Kier alpha value is -1.84. The Kier molecular flexibility index (Phi) is 5.22. The molecule has 0 spiro atoms. The summed E-state index contributed by atoms with van der Waals surface area (Å²) in [5.41, 5.74) is 0.322. The predicted octanol–water partition coefficient (Wildman–Crippen LogP) is 2.73. The first-order valence-corrected chi connectivity index (χ1v) is 8.06. The van der Waals surface area contributed by atoms with Crippen LogP contribution >= 0.6 is 0 Å². The molecule has 1 heterocycles. The maximum Gasteiger partial charge on any atom is 0.245 e. The number of carbonyl (C=O) groups excluding carboxylic acids is 2. The number of benzene rings is 1. The molecule has 2 amide bonds. The van der Waals surface area contributed by atoms with Gasteiger partial charge in [-0.15, -0.1) is 0 Å². The Morgan fingerprint density at radius 3 is 2.64 bits per heavy atom. The molecule has 1 aliphatic heterocycles. The number of hydrogen-bond acceptors (Lipinski definition) is 2. The molecule has 0 aliphatic carbocycles. The molecule has 0 bridgehead atoms. The average Bonchev–Trinajstić information content (AvgIpc) is 2.77. The van der Waals surface area contributed by atoms with Crippen LogP contribution in [0, 0.1) is 5.92 Å². The van der Waals surface area contributed by atoms with Crippen LogP contribution in [0.5, 0.6) is 0 Å². The van der Waals surface area contributed by atoms with E-state index in [2.05, 4.69) is 19.2 Å². The third-order valence-corrected chi connectivity index (χ3v) is 4.40. The molecule has 2 rings (SSSR count). The molecule has 4 heteroatoms. The van der Waals surface area contributed by atoms with Crippen molar-refractivity contribution in [2.24, 2.45) is 5.92 Å². The number of nitrogens with zero attached hydrogens (tertiary/aromatic N) is 1. The van der Waals surface area contributed by atoms with Crippen LogP contribution in [0.3, 0.4) is 0 Å². The lowest BCUT2D eigenvalue weighted by Crippen LogP contribution is -2.54. The van der Waals surface area contributed by atoms with Gasteiger partial charge in [0.2, 0.25) is 11.8 Å². The highest BCUT2D eigenvalue weighted by Crippen LogP contribution is 2.31. The van der Waals surface area contributed by atoms with E-state index in [-0.39, 0.29) is 11.8 Å². The van der Waals surface area contributed by atoms with E-state index in [0.29, 0.717) is 31.8 Å². The molecule has 0 aromatic heterocycles. The van der Waals surface area contributed by atoms with Gasteiger partial charge >= 0.3 is 0 Å². The van der Waals surface area contributed by atoms with Crippen LogP contribution in [0.15, 0.2) is 30.3 Å². The van der Waals surface area contributed by atoms with Gasteiger partial charge in [0.25, 0.3) is 0 Å². The second-order valence-electron chi connectivity index (χ2n) is 6.68. The van der Waals surface area contributed by atoms with Crippen molar-refractivity contribution in [2.45, 2.75) is 52.1 Å². The average molecular weight is 302 g/mol. The summed E-state index contributed by atoms with van der Waals surface area (Å²) in [5, 5.41) is 3.00. The van der Waals surface area contributed by atoms with E-state index in [1.54, 1.807) is 4.90 Å². The summed E-state index contributed by atoms with van der Waals surface area (Å²) in [4.78, 5) is 26.5. The minimum atomic E-state index is -0.732. The van der Waals surface area contributed by atoms with Crippen LogP contribution in [-0.4, -0.2) is 28.8 Å². The minimum absolute atomic E-state index is 0.0325. The van der Waals surface area contributed by atoms with E-state index in [4.69, 9.17) is 0 Å². The van der Waals surface area contributed by atoms with Crippen molar-refractivity contribution in [1.29, 1.82) is 0 Å². The highest BCUT2D eigenvalue weighted by atomic mass is 16.2. The van der Waals surface area contributed by atoms with Gasteiger partial charge in [-0.05, 0) is 31.2 Å². The molecule has 0 saturated carbocycles. The number of carbonyl (C=O) groups is 2. The Morgan fingerprint density at radius 2 is 2.00 bits per heavy atom. The summed E-state index contributed by atoms with van der Waals surface area (Å²) in [7, 11) is 0. The Morgan fingerprint density at radius 1 is 1.32 bits per heavy atom. The number of rotatable bonds is 6. The molecule has 0 radical (unpaired) electrons. The summed E-state index contributed by atoms with van der Waals surface area (Å²) in [6, 6.07) is 9.84. The van der Waals surface area contributed by atoms with Gasteiger partial charge in [-0.25, -0.2) is 0 Å². The van der Waals surface area contributed by atoms with Gasteiger partial charge in [-0.1, -0.05) is 44.2 Å². The lowest BCUT2D eigenvalue weighted by molar-refractivity contribution is -0.141. The van der Waals surface area contributed by atoms with E-state index < -0.39 is 5.54 Å². The van der Waals surface area contributed by atoms with Crippen LogP contribution in [0.1, 0.15) is 45.6 Å². The monoisotopic (exact) mass is 302 g/mol. The topological polar surface area (TPSA) is 49.4 Å². The fourth-order valence-electron chi connectivity index (χ4n) is 2.83. The zero-order valence-corrected chi connectivity index (χ0v) is 13.8. The van der Waals surface area contributed by atoms with Crippen LogP contribution in [-0.2, 0) is 16.1 Å². The molecule has 1 aromatic carbocycles. The summed E-state index contributed by atoms with van der Waals surface area (Å²) in [6.07, 6.45) is 1.99. The molecule has 1 atom stereocenters. The second kappa shape index (κ2) is 6.95. The lowest BCUT2D eigenvalue weighted by atomic mass is 9.97. The maximum atomic E-state index is 12.6. The SMILES string of the molecule is CC(C)CCNC(=O)[C@@]1(C)CCC(=O)N1Cc1ccccc1. The van der Waals surface area contributed by atoms with Crippen molar-refractivity contribution in [3.05, 3.63) is 35.9 Å². The van der Waals surface area contributed by atoms with E-state index in [0.717, 1.165) is 12.0 Å². The van der Waals surface area contributed by atoms with Crippen LogP contribution in [0.2, 0.25) is 0 Å². The van der Waals surface area contributed by atoms with E-state index in [1.807, 2.05) is 37.3 Å². The Bertz CT molecular complexity index is 527. The van der Waals surface area contributed by atoms with Gasteiger partial charge in [0.05, 0.1) is 0 Å². The molecule has 1 fully saturated rings. The molecule has 1 saturated heterocycles. The van der Waals surface area contributed by atoms with Gasteiger partial charge in [0, 0.05) is 19.5 Å². The fourth-order valence-corrected chi connectivity index (χ4v) is 2.83. The first kappa shape index (κ1) is 16.5. The van der Waals surface area contributed by atoms with Crippen LogP contribution < -0.4 is 5.32 Å². The van der Waals surface area contributed by atoms with Crippen molar-refractivity contribution in [3.8, 4) is 0 Å². The maximum absolute atomic E-state index is 12.6. The molecule has 1 N–H and O–H groups in total. The van der Waals surface area contributed by atoms with Crippen molar-refractivity contribution < 1.29 is 9.59 Å². The van der Waals surface area contributed by atoms with E-state index in [9.17, 15) is 9.59 Å². The standard InChI is InChI=1S/C18H26N2O2/c1-14(2)10-12-19-17(22)18(3)11-9-16(21)20(18)13-15-7-5-4-6-8-15/h4-8,14H,9-13H2,1-3H3,(H,19,22)/t18-/m1/s1. The number of hydrogen-bond donors (Lipinski definition) is 1. The first-order valence-electron chi connectivity index (χ1n) is 8.06. The van der Waals surface area contributed by atoms with E-state index in [1.165, 1.54) is 0 Å². The summed E-state index contributed by atoms with van der Waals surface area (Å²) < 4.78 is 0. The molecule has 1 aromatic rings. The number of nitrogens with one attached hydrogen (secondary N) is 1. The fraction of sp³-hybridized carbons (Fsp3) is 0.556. The summed E-state index contributed by atoms with van der Waals surface area (Å²) >= 11 is 0. The smallest absolute Gasteiger partial charge is 0.245 e. The summed E-state index contributed by atoms with van der Waals surface area (Å²) in [5.74, 6) is 0.582. The largest absolute Gasteiger partial charge is 0.354 e. The van der Waals surface area contributed by atoms with Crippen molar-refractivity contribution in [1.82, 2.24) is 10.2 Å². The quantitative estimate of drug-likeness (QED) is 0.878. The van der Waals surface area contributed by atoms with Gasteiger partial charge in [0.15, 0.2) is 0 Å². The molecular weight excluding hydrogens is 276 g/mol. The number of likely N-dealkylation sites (tertiary alicyclic amines) is 1. The normalized spacial score (nSPS) is 21.5. The molecule has 120 valence electrons. The molecular formula is C18H26N2O2. The predicted molar refractivity (Wildman–Crippen MR) is 87.1 cm³/mol. The Labute approximate surface area is 132 Å². The first-order chi connectivity index (χ1) is 10.4. The highest BCUT2D eigenvalue weighted by Gasteiger charge is 2.46. The minimum Gasteiger partial charge on any atom is -0.354 e. The molecule has 1 aliphatic rings. The molecule has 22 heavy (non-hydrogen) atoms. The zero-order chi connectivity index (χ0) is 16.2. The Balaban J connectivity index is 2.06. The lowest BCUT2D eigenvalue weighted by Gasteiger charge is -2.34. The molecule has 4 nitrogen and oxygen atoms in total. The highest BCUT2D eigenvalue weighted by molar-refractivity contribution is 5.94. The van der Waals surface area contributed by atoms with Crippen LogP contribution in [0.25, 0.3) is 0 Å². The number of amides is 2. The van der Waals surface area contributed by atoms with Crippen molar-refractivity contribution in [3.63, 3.8) is 0 Å². The molecule has 0 unspecified atom stereocenters. The van der Waals surface area contributed by atoms with Gasteiger partial charge in [-0.3, -0.25) is 9.59 Å². The van der Waals surface area contributed by atoms with E-state index >= 15 is 0 Å². The zero-order valence-electron chi connectivity index (χ0n) is 13.8. The third-order valence-electron chi connectivity index (χ3n) is 4.40. The summed E-state index contributed by atoms with van der Waals surface area (Å²) in [6.45, 7) is 7.31.